The molecule has 1 aliphatic heterocycles. The molecule has 3 heterocycles. The summed E-state index contributed by atoms with van der Waals surface area (Å²) in [5.74, 6) is -0.944. The van der Waals surface area contributed by atoms with E-state index in [1.54, 1.807) is 29.2 Å². The molecule has 4 rings (SSSR count). The molecule has 3 aromatic rings. The lowest BCUT2D eigenvalue weighted by Crippen LogP contribution is -2.33. The number of alkyl halides is 3. The van der Waals surface area contributed by atoms with E-state index in [4.69, 9.17) is 0 Å². The highest BCUT2D eigenvalue weighted by Gasteiger charge is 2.35. The minimum absolute atomic E-state index is 0.00150. The Labute approximate surface area is 224 Å². The molecule has 0 spiro atoms. The molecule has 0 radical (unpaired) electrons. The SMILES string of the molecule is CCS(=O)(=O)Nc1ncccc1CNc1nc(Nc2cccc(C(=O)N3CCCC3C)c2)ncc1C(F)(F)F. The van der Waals surface area contributed by atoms with E-state index in [1.165, 1.54) is 25.3 Å². The van der Waals surface area contributed by atoms with E-state index in [1.807, 2.05) is 6.92 Å². The van der Waals surface area contributed by atoms with Crippen molar-refractivity contribution in [2.24, 2.45) is 0 Å². The summed E-state index contributed by atoms with van der Waals surface area (Å²) in [7, 11) is -3.65. The molecule has 1 saturated heterocycles. The quantitative estimate of drug-likeness (QED) is 0.344. The molecule has 1 aliphatic rings. The van der Waals surface area contributed by atoms with Gasteiger partial charge < -0.3 is 15.5 Å². The lowest BCUT2D eigenvalue weighted by molar-refractivity contribution is -0.137. The second-order valence-electron chi connectivity index (χ2n) is 9.02. The zero-order chi connectivity index (χ0) is 28.2. The van der Waals surface area contributed by atoms with E-state index in [9.17, 15) is 26.4 Å². The standard InChI is InChI=1S/C25H28F3N7O3S/c1-3-39(37,38)34-21-18(9-5-11-29-21)14-30-22-20(25(26,27)28)15-31-24(33-22)32-19-10-4-8-17(13-19)23(36)35-12-6-7-16(35)2/h4-5,8-11,13,15-16H,3,6-7,12,14H2,1-2H3,(H,29,34)(H2,30,31,32,33). The van der Waals surface area contributed by atoms with Crippen LogP contribution < -0.4 is 15.4 Å². The highest BCUT2D eigenvalue weighted by atomic mass is 32.2. The van der Waals surface area contributed by atoms with Crippen molar-refractivity contribution in [2.45, 2.75) is 45.5 Å². The first-order valence-corrected chi connectivity index (χ1v) is 13.9. The Morgan fingerprint density at radius 1 is 1.15 bits per heavy atom. The fourth-order valence-electron chi connectivity index (χ4n) is 4.12. The molecule has 3 N–H and O–H groups in total. The number of carbonyl (C=O) groups is 1. The lowest BCUT2D eigenvalue weighted by Gasteiger charge is -2.21. The highest BCUT2D eigenvalue weighted by molar-refractivity contribution is 7.92. The minimum Gasteiger partial charge on any atom is -0.365 e. The van der Waals surface area contributed by atoms with E-state index >= 15 is 0 Å². The summed E-state index contributed by atoms with van der Waals surface area (Å²) in [6.45, 7) is 3.91. The van der Waals surface area contributed by atoms with Crippen molar-refractivity contribution in [1.29, 1.82) is 0 Å². The molecule has 14 heteroatoms. The number of halogens is 3. The number of nitrogens with zero attached hydrogens (tertiary/aromatic N) is 4. The highest BCUT2D eigenvalue weighted by Crippen LogP contribution is 2.34. The summed E-state index contributed by atoms with van der Waals surface area (Å²) < 4.78 is 67.4. The number of benzene rings is 1. The Morgan fingerprint density at radius 3 is 2.64 bits per heavy atom. The first-order valence-electron chi connectivity index (χ1n) is 12.3. The zero-order valence-electron chi connectivity index (χ0n) is 21.3. The third kappa shape index (κ3) is 6.93. The maximum Gasteiger partial charge on any atom is 0.421 e. The normalized spacial score (nSPS) is 15.7. The molecular weight excluding hydrogens is 535 g/mol. The summed E-state index contributed by atoms with van der Waals surface area (Å²) in [5.41, 5.74) is 0.0947. The fraction of sp³-hybridized carbons (Fsp3) is 0.360. The summed E-state index contributed by atoms with van der Waals surface area (Å²) in [6, 6.07) is 9.81. The van der Waals surface area contributed by atoms with Crippen LogP contribution in [0.15, 0.2) is 48.8 Å². The molecule has 0 saturated carbocycles. The Hall–Kier alpha value is -3.94. The number of hydrogen-bond donors (Lipinski definition) is 3. The second-order valence-corrected chi connectivity index (χ2v) is 11.0. The van der Waals surface area contributed by atoms with Crippen molar-refractivity contribution < 1.29 is 26.4 Å². The molecule has 39 heavy (non-hydrogen) atoms. The van der Waals surface area contributed by atoms with Gasteiger partial charge in [-0.05, 0) is 51.0 Å². The first-order chi connectivity index (χ1) is 18.5. The van der Waals surface area contributed by atoms with Crippen LogP contribution in [-0.2, 0) is 22.7 Å². The third-order valence-corrected chi connectivity index (χ3v) is 7.51. The second kappa shape index (κ2) is 11.4. The van der Waals surface area contributed by atoms with E-state index in [0.717, 1.165) is 12.8 Å². The van der Waals surface area contributed by atoms with E-state index < -0.39 is 27.6 Å². The number of anilines is 4. The maximum absolute atomic E-state index is 13.7. The fourth-order valence-corrected chi connectivity index (χ4v) is 4.74. The van der Waals surface area contributed by atoms with Gasteiger partial charge in [-0.25, -0.2) is 18.4 Å². The molecular formula is C25H28F3N7O3S. The van der Waals surface area contributed by atoms with Gasteiger partial charge in [0.1, 0.15) is 17.2 Å². The van der Waals surface area contributed by atoms with Gasteiger partial charge in [-0.3, -0.25) is 9.52 Å². The van der Waals surface area contributed by atoms with Crippen LogP contribution in [-0.4, -0.2) is 52.5 Å². The third-order valence-electron chi connectivity index (χ3n) is 6.24. The molecule has 1 unspecified atom stereocenters. The van der Waals surface area contributed by atoms with Gasteiger partial charge in [0.25, 0.3) is 5.91 Å². The largest absolute Gasteiger partial charge is 0.421 e. The minimum atomic E-state index is -4.75. The van der Waals surface area contributed by atoms with Gasteiger partial charge in [0.15, 0.2) is 0 Å². The molecule has 1 amide bonds. The number of aromatic nitrogens is 3. The monoisotopic (exact) mass is 563 g/mol. The Morgan fingerprint density at radius 2 is 1.95 bits per heavy atom. The van der Waals surface area contributed by atoms with E-state index in [0.29, 0.717) is 29.6 Å². The predicted octanol–water partition coefficient (Wildman–Crippen LogP) is 4.63. The maximum atomic E-state index is 13.7. The van der Waals surface area contributed by atoms with Gasteiger partial charge in [0.2, 0.25) is 16.0 Å². The van der Waals surface area contributed by atoms with Crippen LogP contribution in [0.1, 0.15) is 48.2 Å². The van der Waals surface area contributed by atoms with Crippen LogP contribution in [0.2, 0.25) is 0 Å². The average Bonchev–Trinajstić information content (AvgIpc) is 3.33. The number of carbonyl (C=O) groups excluding carboxylic acids is 1. The summed E-state index contributed by atoms with van der Waals surface area (Å²) in [6.07, 6.45) is -0.854. The zero-order valence-corrected chi connectivity index (χ0v) is 22.1. The number of nitrogens with one attached hydrogen (secondary N) is 3. The van der Waals surface area contributed by atoms with Crippen LogP contribution in [0.5, 0.6) is 0 Å². The molecule has 1 atom stereocenters. The smallest absolute Gasteiger partial charge is 0.365 e. The topological polar surface area (TPSA) is 129 Å². The van der Waals surface area contributed by atoms with E-state index in [2.05, 4.69) is 30.3 Å². The summed E-state index contributed by atoms with van der Waals surface area (Å²) in [4.78, 5) is 26.5. The van der Waals surface area contributed by atoms with Crippen molar-refractivity contribution in [3.63, 3.8) is 0 Å². The molecule has 0 bridgehead atoms. The van der Waals surface area contributed by atoms with E-state index in [-0.39, 0.29) is 36.0 Å². The molecule has 10 nitrogen and oxygen atoms in total. The van der Waals surface area contributed by atoms with Gasteiger partial charge in [0, 0.05) is 48.3 Å². The van der Waals surface area contributed by atoms with Gasteiger partial charge >= 0.3 is 6.18 Å². The van der Waals surface area contributed by atoms with Crippen LogP contribution in [0, 0.1) is 0 Å². The summed E-state index contributed by atoms with van der Waals surface area (Å²) in [5, 5.41) is 5.50. The number of rotatable bonds is 9. The lowest BCUT2D eigenvalue weighted by atomic mass is 10.1. The van der Waals surface area contributed by atoms with Crippen LogP contribution in [0.25, 0.3) is 0 Å². The van der Waals surface area contributed by atoms with Crippen molar-refractivity contribution in [3.8, 4) is 0 Å². The Bertz CT molecular complexity index is 1450. The average molecular weight is 564 g/mol. The Kier molecular flexibility index (Phi) is 8.23. The van der Waals surface area contributed by atoms with Gasteiger partial charge in [-0.1, -0.05) is 12.1 Å². The van der Waals surface area contributed by atoms with Crippen LogP contribution in [0.4, 0.5) is 36.4 Å². The molecule has 208 valence electrons. The van der Waals surface area contributed by atoms with Gasteiger partial charge in [-0.2, -0.15) is 18.2 Å². The summed E-state index contributed by atoms with van der Waals surface area (Å²) >= 11 is 0. The van der Waals surface area contributed by atoms with Crippen molar-refractivity contribution >= 4 is 39.2 Å². The number of pyridine rings is 1. The molecule has 1 fully saturated rings. The van der Waals surface area contributed by atoms with Crippen LogP contribution in [0.3, 0.4) is 0 Å². The number of likely N-dealkylation sites (tertiary alicyclic amines) is 1. The molecule has 2 aromatic heterocycles. The predicted molar refractivity (Wildman–Crippen MR) is 141 cm³/mol. The van der Waals surface area contributed by atoms with Crippen LogP contribution >= 0.6 is 0 Å². The van der Waals surface area contributed by atoms with Crippen molar-refractivity contribution in [1.82, 2.24) is 19.9 Å². The Balaban J connectivity index is 1.56. The molecule has 0 aliphatic carbocycles. The number of sulfonamides is 1. The van der Waals surface area contributed by atoms with Gasteiger partial charge in [0.05, 0.1) is 5.75 Å². The van der Waals surface area contributed by atoms with Gasteiger partial charge in [-0.15, -0.1) is 0 Å². The first kappa shape index (κ1) is 28.1. The number of hydrogen-bond acceptors (Lipinski definition) is 8. The molecule has 1 aromatic carbocycles. The number of amides is 1. The van der Waals surface area contributed by atoms with Crippen molar-refractivity contribution in [3.05, 3.63) is 65.5 Å². The van der Waals surface area contributed by atoms with Crippen molar-refractivity contribution in [2.75, 3.05) is 27.7 Å².